The molecule has 0 saturated carbocycles. The van der Waals surface area contributed by atoms with Crippen LogP contribution in [-0.2, 0) is 5.16 Å². The normalized spacial score (nSPS) is 10.7. The highest BCUT2D eigenvalue weighted by Gasteiger charge is 2.32. The predicted octanol–water partition coefficient (Wildman–Crippen LogP) is 5.94. The maximum atomic E-state index is 4.43. The lowest BCUT2D eigenvalue weighted by molar-refractivity contribution is 0.966. The minimum Gasteiger partial charge on any atom is -0.147 e. The van der Waals surface area contributed by atoms with Gasteiger partial charge in [0, 0.05) is 0 Å². The maximum Gasteiger partial charge on any atom is 0.0591 e. The lowest BCUT2D eigenvalue weighted by Gasteiger charge is -2.33. The van der Waals surface area contributed by atoms with Gasteiger partial charge in [-0.05, 0) is 22.3 Å². The highest BCUT2D eigenvalue weighted by molar-refractivity contribution is 7.20. The van der Waals surface area contributed by atoms with E-state index >= 15 is 0 Å². The first-order valence-electron chi connectivity index (χ1n) is 7.37. The van der Waals surface area contributed by atoms with E-state index in [2.05, 4.69) is 88.6 Å². The summed E-state index contributed by atoms with van der Waals surface area (Å²) in [6.07, 6.45) is 0. The minimum atomic E-state index is -0.329. The Hall–Kier alpha value is -1.88. The monoisotopic (exact) mass is 338 g/mol. The van der Waals surface area contributed by atoms with Crippen LogP contribution in [-0.4, -0.2) is 0 Å². The summed E-state index contributed by atoms with van der Waals surface area (Å²) in [5, 5.41) is -0.329. The molecule has 0 aliphatic rings. The highest BCUT2D eigenvalue weighted by atomic mass is 35.5. The molecule has 0 fully saturated rings. The molecule has 0 nitrogen and oxygen atoms in total. The smallest absolute Gasteiger partial charge is 0.0591 e. The number of benzene rings is 3. The summed E-state index contributed by atoms with van der Waals surface area (Å²) >= 11 is 0. The lowest BCUT2D eigenvalue weighted by atomic mass is 9.81. The molecule has 0 spiro atoms. The zero-order chi connectivity index (χ0) is 15.4. The highest BCUT2D eigenvalue weighted by Crippen LogP contribution is 2.48. The van der Waals surface area contributed by atoms with Crippen LogP contribution < -0.4 is 0 Å². The fourth-order valence-electron chi connectivity index (χ4n) is 2.78. The molecular formula is C21H20ClP. The van der Waals surface area contributed by atoms with E-state index in [1.165, 1.54) is 11.1 Å². The van der Waals surface area contributed by atoms with E-state index in [1.807, 2.05) is 18.2 Å². The van der Waals surface area contributed by atoms with Crippen LogP contribution in [0.25, 0.3) is 5.57 Å². The zero-order valence-corrected chi connectivity index (χ0v) is 14.8. The molecule has 0 amide bonds. The van der Waals surface area contributed by atoms with Crippen molar-refractivity contribution in [3.63, 3.8) is 0 Å². The molecule has 0 heterocycles. The molecule has 23 heavy (non-hydrogen) atoms. The Morgan fingerprint density at radius 3 is 1.39 bits per heavy atom. The summed E-state index contributed by atoms with van der Waals surface area (Å²) in [5.74, 6) is 0. The third kappa shape index (κ3) is 3.39. The molecule has 3 rings (SSSR count). The van der Waals surface area contributed by atoms with Gasteiger partial charge in [0.1, 0.15) is 0 Å². The summed E-state index contributed by atoms with van der Waals surface area (Å²) in [4.78, 5) is 0. The van der Waals surface area contributed by atoms with E-state index in [9.17, 15) is 0 Å². The number of allylic oxidation sites excluding steroid dienone is 1. The van der Waals surface area contributed by atoms with Gasteiger partial charge in [-0.3, -0.25) is 0 Å². The fraction of sp³-hybridized carbons (Fsp3) is 0.0476. The van der Waals surface area contributed by atoms with Gasteiger partial charge < -0.3 is 0 Å². The first-order valence-corrected chi connectivity index (χ1v) is 7.95. The van der Waals surface area contributed by atoms with Gasteiger partial charge in [0.25, 0.3) is 0 Å². The molecule has 3 aromatic rings. The van der Waals surface area contributed by atoms with Gasteiger partial charge in [-0.1, -0.05) is 97.6 Å². The van der Waals surface area contributed by atoms with E-state index in [0.29, 0.717) is 0 Å². The maximum absolute atomic E-state index is 4.43. The summed E-state index contributed by atoms with van der Waals surface area (Å²) in [7, 11) is 3.03. The Kier molecular flexibility index (Phi) is 5.77. The molecule has 0 bridgehead atoms. The van der Waals surface area contributed by atoms with E-state index in [1.54, 1.807) is 0 Å². The molecular weight excluding hydrogens is 319 g/mol. The zero-order valence-electron chi connectivity index (χ0n) is 12.9. The van der Waals surface area contributed by atoms with Crippen LogP contribution >= 0.6 is 21.6 Å². The van der Waals surface area contributed by atoms with Crippen molar-refractivity contribution in [1.29, 1.82) is 0 Å². The molecule has 2 heteroatoms. The van der Waals surface area contributed by atoms with Crippen LogP contribution in [0, 0.1) is 0 Å². The van der Waals surface area contributed by atoms with Gasteiger partial charge in [0.2, 0.25) is 0 Å². The fourth-order valence-corrected chi connectivity index (χ4v) is 3.34. The van der Waals surface area contributed by atoms with Crippen LogP contribution in [0.3, 0.4) is 0 Å². The van der Waals surface area contributed by atoms with Crippen LogP contribution in [0.1, 0.15) is 16.7 Å². The van der Waals surface area contributed by atoms with Crippen molar-refractivity contribution in [2.24, 2.45) is 0 Å². The minimum absolute atomic E-state index is 0. The van der Waals surface area contributed by atoms with Gasteiger partial charge in [0.15, 0.2) is 0 Å². The van der Waals surface area contributed by atoms with Crippen molar-refractivity contribution in [3.05, 3.63) is 114 Å². The lowest BCUT2D eigenvalue weighted by Crippen LogP contribution is -2.21. The molecule has 116 valence electrons. The van der Waals surface area contributed by atoms with Crippen molar-refractivity contribution < 1.29 is 0 Å². The van der Waals surface area contributed by atoms with Gasteiger partial charge >= 0.3 is 0 Å². The largest absolute Gasteiger partial charge is 0.147 e. The van der Waals surface area contributed by atoms with E-state index in [0.717, 1.165) is 11.1 Å². The van der Waals surface area contributed by atoms with Crippen molar-refractivity contribution >= 4 is 27.2 Å². The van der Waals surface area contributed by atoms with Crippen molar-refractivity contribution in [1.82, 2.24) is 0 Å². The van der Waals surface area contributed by atoms with Gasteiger partial charge in [-0.2, -0.15) is 0 Å². The van der Waals surface area contributed by atoms with Crippen LogP contribution in [0.4, 0.5) is 0 Å². The average Bonchev–Trinajstić information content (AvgIpc) is 2.62. The molecule has 0 saturated heterocycles. The molecule has 0 aromatic heterocycles. The summed E-state index contributed by atoms with van der Waals surface area (Å²) < 4.78 is 0. The molecule has 0 radical (unpaired) electrons. The Balaban J connectivity index is 0.00000192. The van der Waals surface area contributed by atoms with Gasteiger partial charge in [0.05, 0.1) is 5.16 Å². The second kappa shape index (κ2) is 7.59. The molecule has 3 aromatic carbocycles. The average molecular weight is 339 g/mol. The Morgan fingerprint density at radius 1 is 0.652 bits per heavy atom. The van der Waals surface area contributed by atoms with E-state index in [-0.39, 0.29) is 17.6 Å². The predicted molar refractivity (Wildman–Crippen MR) is 106 cm³/mol. The van der Waals surface area contributed by atoms with Crippen molar-refractivity contribution in [2.45, 2.75) is 5.16 Å². The van der Waals surface area contributed by atoms with E-state index < -0.39 is 0 Å². The van der Waals surface area contributed by atoms with Crippen LogP contribution in [0.15, 0.2) is 97.6 Å². The second-order valence-electron chi connectivity index (χ2n) is 5.38. The molecule has 0 aliphatic carbocycles. The Morgan fingerprint density at radius 2 is 1.00 bits per heavy atom. The Bertz CT molecular complexity index is 712. The summed E-state index contributed by atoms with van der Waals surface area (Å²) in [6.45, 7) is 4.43. The SMILES string of the molecule is C=C(c1ccccc1)C(P)(c1ccccc1)c1ccccc1.Cl. The topological polar surface area (TPSA) is 0 Å². The summed E-state index contributed by atoms with van der Waals surface area (Å²) in [5.41, 5.74) is 4.68. The van der Waals surface area contributed by atoms with Gasteiger partial charge in [-0.15, -0.1) is 21.6 Å². The molecule has 1 unspecified atom stereocenters. The van der Waals surface area contributed by atoms with Crippen molar-refractivity contribution in [2.75, 3.05) is 0 Å². The standard InChI is InChI=1S/C21H19P.ClH/c1-17(18-11-5-2-6-12-18)21(22,19-13-7-3-8-14-19)20-15-9-4-10-16-20;/h2-16H,1,22H2;1H. The first-order chi connectivity index (χ1) is 10.7. The van der Waals surface area contributed by atoms with E-state index in [4.69, 9.17) is 0 Å². The van der Waals surface area contributed by atoms with Crippen LogP contribution in [0.2, 0.25) is 0 Å². The molecule has 1 atom stereocenters. The number of halogens is 1. The third-order valence-corrected chi connectivity index (χ3v) is 5.07. The van der Waals surface area contributed by atoms with Crippen molar-refractivity contribution in [3.8, 4) is 0 Å². The molecule has 0 aliphatic heterocycles. The first kappa shape index (κ1) is 17.5. The number of rotatable bonds is 4. The number of hydrogen-bond donors (Lipinski definition) is 0. The summed E-state index contributed by atoms with van der Waals surface area (Å²) in [6, 6.07) is 31.4. The molecule has 0 N–H and O–H groups in total. The van der Waals surface area contributed by atoms with Crippen LogP contribution in [0.5, 0.6) is 0 Å². The Labute approximate surface area is 146 Å². The third-order valence-electron chi connectivity index (χ3n) is 4.06. The van der Waals surface area contributed by atoms with Gasteiger partial charge in [-0.25, -0.2) is 0 Å². The quantitative estimate of drug-likeness (QED) is 0.516. The number of hydrogen-bond acceptors (Lipinski definition) is 0. The second-order valence-corrected chi connectivity index (χ2v) is 6.25.